The molecule has 154 valence electrons. The fourth-order valence-electron chi connectivity index (χ4n) is 2.81. The number of sulfonamides is 1. The van der Waals surface area contributed by atoms with Crippen molar-refractivity contribution >= 4 is 16.0 Å². The smallest absolute Gasteiger partial charge is 0.215 e. The lowest BCUT2D eigenvalue weighted by molar-refractivity contribution is 0.405. The van der Waals surface area contributed by atoms with E-state index in [0.717, 1.165) is 16.9 Å². The topological polar surface area (TPSA) is 83.0 Å². The minimum Gasteiger partial charge on any atom is -0.496 e. The summed E-state index contributed by atoms with van der Waals surface area (Å²) < 4.78 is 31.5. The van der Waals surface area contributed by atoms with Gasteiger partial charge in [0, 0.05) is 25.2 Å². The van der Waals surface area contributed by atoms with Gasteiger partial charge in [0.2, 0.25) is 10.0 Å². The van der Waals surface area contributed by atoms with Gasteiger partial charge in [-0.3, -0.25) is 4.99 Å². The Bertz CT molecular complexity index is 716. The zero-order chi connectivity index (χ0) is 20.4. The molecule has 8 heteroatoms. The molecule has 0 aliphatic carbocycles. The van der Waals surface area contributed by atoms with Crippen molar-refractivity contribution < 1.29 is 13.2 Å². The van der Waals surface area contributed by atoms with Crippen LogP contribution in [0.1, 0.15) is 44.9 Å². The second-order valence-corrected chi connectivity index (χ2v) is 8.36. The van der Waals surface area contributed by atoms with E-state index in [-0.39, 0.29) is 18.3 Å². The van der Waals surface area contributed by atoms with Crippen LogP contribution in [0.15, 0.2) is 23.2 Å². The van der Waals surface area contributed by atoms with Gasteiger partial charge in [0.15, 0.2) is 5.96 Å². The van der Waals surface area contributed by atoms with Crippen molar-refractivity contribution in [2.45, 2.75) is 40.7 Å². The van der Waals surface area contributed by atoms with E-state index in [1.807, 2.05) is 46.8 Å². The summed E-state index contributed by atoms with van der Waals surface area (Å²) >= 11 is 0. The van der Waals surface area contributed by atoms with Crippen LogP contribution in [0.5, 0.6) is 5.75 Å². The molecule has 1 unspecified atom stereocenters. The van der Waals surface area contributed by atoms with Gasteiger partial charge in [0.05, 0.1) is 25.4 Å². The summed E-state index contributed by atoms with van der Waals surface area (Å²) in [7, 11) is -1.63. The molecule has 1 aromatic rings. The van der Waals surface area contributed by atoms with E-state index in [1.165, 1.54) is 4.31 Å². The molecule has 1 atom stereocenters. The summed E-state index contributed by atoms with van der Waals surface area (Å²) in [5.41, 5.74) is 2.17. The summed E-state index contributed by atoms with van der Waals surface area (Å²) in [6.07, 6.45) is 0. The number of benzene rings is 1. The number of hydrogen-bond acceptors (Lipinski definition) is 4. The van der Waals surface area contributed by atoms with Gasteiger partial charge in [-0.1, -0.05) is 31.5 Å². The highest BCUT2D eigenvalue weighted by Gasteiger charge is 2.18. The van der Waals surface area contributed by atoms with Gasteiger partial charge in [-0.15, -0.1) is 0 Å². The van der Waals surface area contributed by atoms with Crippen LogP contribution in [0.3, 0.4) is 0 Å². The highest BCUT2D eigenvalue weighted by Crippen LogP contribution is 2.25. The number of nitrogens with zero attached hydrogens (tertiary/aromatic N) is 2. The molecular weight excluding hydrogens is 364 g/mol. The average Bonchev–Trinajstić information content (AvgIpc) is 2.62. The molecule has 0 heterocycles. The maximum Gasteiger partial charge on any atom is 0.215 e. The van der Waals surface area contributed by atoms with Crippen LogP contribution >= 0.6 is 0 Å². The Kier molecular flexibility index (Phi) is 9.59. The molecule has 0 fully saturated rings. The van der Waals surface area contributed by atoms with Crippen LogP contribution in [-0.2, 0) is 10.0 Å². The van der Waals surface area contributed by atoms with E-state index in [2.05, 4.69) is 21.7 Å². The monoisotopic (exact) mass is 398 g/mol. The number of rotatable bonds is 10. The first-order valence-corrected chi connectivity index (χ1v) is 11.1. The summed E-state index contributed by atoms with van der Waals surface area (Å²) in [5.74, 6) is 1.39. The summed E-state index contributed by atoms with van der Waals surface area (Å²) in [6, 6.07) is 5.98. The molecule has 0 amide bonds. The molecule has 1 aromatic carbocycles. The fourth-order valence-corrected chi connectivity index (χ4v) is 4.18. The molecule has 0 saturated heterocycles. The average molecular weight is 399 g/mol. The summed E-state index contributed by atoms with van der Waals surface area (Å²) in [5, 5.41) is 6.50. The van der Waals surface area contributed by atoms with Crippen LogP contribution in [-0.4, -0.2) is 57.7 Å². The molecule has 0 aliphatic heterocycles. The Labute approximate surface area is 164 Å². The van der Waals surface area contributed by atoms with Crippen molar-refractivity contribution in [2.24, 2.45) is 4.99 Å². The quantitative estimate of drug-likeness (QED) is 0.467. The number of ether oxygens (including phenoxy) is 1. The number of methoxy groups -OCH3 is 1. The standard InChI is InChI=1S/C19H34N4O3S/c1-7-20-19(21-12-13-27(24,25)23(8-2)9-3)22-16(5)17-14-15(4)10-11-18(17)26-6/h10-11,14,16H,7-9,12-13H2,1-6H3,(H2,20,21,22). The van der Waals surface area contributed by atoms with Crippen molar-refractivity contribution in [3.05, 3.63) is 29.3 Å². The maximum atomic E-state index is 12.3. The first kappa shape index (κ1) is 23.2. The van der Waals surface area contributed by atoms with Gasteiger partial charge in [-0.25, -0.2) is 12.7 Å². The highest BCUT2D eigenvalue weighted by molar-refractivity contribution is 7.89. The molecule has 27 heavy (non-hydrogen) atoms. The molecule has 0 bridgehead atoms. The highest BCUT2D eigenvalue weighted by atomic mass is 32.2. The van der Waals surface area contributed by atoms with Gasteiger partial charge in [0.1, 0.15) is 5.75 Å². The van der Waals surface area contributed by atoms with Crippen LogP contribution in [0, 0.1) is 6.92 Å². The first-order chi connectivity index (χ1) is 12.8. The Hall–Kier alpha value is -1.80. The predicted octanol–water partition coefficient (Wildman–Crippen LogP) is 2.29. The Morgan fingerprint density at radius 1 is 1.26 bits per heavy atom. The molecule has 0 saturated carbocycles. The van der Waals surface area contributed by atoms with Gasteiger partial charge in [-0.05, 0) is 26.8 Å². The lowest BCUT2D eigenvalue weighted by Gasteiger charge is -2.21. The van der Waals surface area contributed by atoms with Gasteiger partial charge in [-0.2, -0.15) is 0 Å². The predicted molar refractivity (Wildman–Crippen MR) is 112 cm³/mol. The van der Waals surface area contributed by atoms with Crippen LogP contribution in [0.4, 0.5) is 0 Å². The van der Waals surface area contributed by atoms with Crippen molar-refractivity contribution in [1.82, 2.24) is 14.9 Å². The third-order valence-electron chi connectivity index (χ3n) is 4.27. The lowest BCUT2D eigenvalue weighted by Crippen LogP contribution is -2.39. The van der Waals surface area contributed by atoms with E-state index in [4.69, 9.17) is 4.74 Å². The van der Waals surface area contributed by atoms with E-state index < -0.39 is 10.0 Å². The number of hydrogen-bond donors (Lipinski definition) is 2. The van der Waals surface area contributed by atoms with E-state index in [1.54, 1.807) is 7.11 Å². The van der Waals surface area contributed by atoms with Crippen LogP contribution in [0.2, 0.25) is 0 Å². The zero-order valence-corrected chi connectivity index (χ0v) is 18.2. The van der Waals surface area contributed by atoms with E-state index in [9.17, 15) is 8.42 Å². The Balaban J connectivity index is 2.87. The van der Waals surface area contributed by atoms with Crippen molar-refractivity contribution in [3.8, 4) is 5.75 Å². The maximum absolute atomic E-state index is 12.3. The number of guanidine groups is 1. The normalized spacial score (nSPS) is 13.5. The molecule has 1 rings (SSSR count). The van der Waals surface area contributed by atoms with Gasteiger partial charge < -0.3 is 15.4 Å². The molecule has 0 spiro atoms. The van der Waals surface area contributed by atoms with Crippen molar-refractivity contribution in [1.29, 1.82) is 0 Å². The molecular formula is C19H34N4O3S. The second-order valence-electron chi connectivity index (χ2n) is 6.27. The summed E-state index contributed by atoms with van der Waals surface area (Å²) in [6.45, 7) is 11.6. The molecule has 0 aromatic heterocycles. The van der Waals surface area contributed by atoms with Crippen molar-refractivity contribution in [2.75, 3.05) is 39.0 Å². The third kappa shape index (κ3) is 7.03. The third-order valence-corrected chi connectivity index (χ3v) is 6.27. The van der Waals surface area contributed by atoms with Crippen LogP contribution < -0.4 is 15.4 Å². The number of aliphatic imine (C=N–C) groups is 1. The summed E-state index contributed by atoms with van der Waals surface area (Å²) in [4.78, 5) is 4.44. The molecule has 0 aliphatic rings. The molecule has 7 nitrogen and oxygen atoms in total. The largest absolute Gasteiger partial charge is 0.496 e. The number of aryl methyl sites for hydroxylation is 1. The molecule has 2 N–H and O–H groups in total. The second kappa shape index (κ2) is 11.1. The van der Waals surface area contributed by atoms with Gasteiger partial charge >= 0.3 is 0 Å². The van der Waals surface area contributed by atoms with E-state index in [0.29, 0.717) is 25.6 Å². The fraction of sp³-hybridized carbons (Fsp3) is 0.632. The van der Waals surface area contributed by atoms with Crippen LogP contribution in [0.25, 0.3) is 0 Å². The zero-order valence-electron chi connectivity index (χ0n) is 17.4. The number of nitrogens with one attached hydrogen (secondary N) is 2. The van der Waals surface area contributed by atoms with Crippen molar-refractivity contribution in [3.63, 3.8) is 0 Å². The minimum atomic E-state index is -3.28. The first-order valence-electron chi connectivity index (χ1n) is 9.46. The minimum absolute atomic E-state index is 0.00655. The lowest BCUT2D eigenvalue weighted by atomic mass is 10.0. The van der Waals surface area contributed by atoms with E-state index >= 15 is 0 Å². The molecule has 0 radical (unpaired) electrons. The Morgan fingerprint density at radius 2 is 1.93 bits per heavy atom. The Morgan fingerprint density at radius 3 is 2.48 bits per heavy atom. The SMILES string of the molecule is CCNC(=NCCS(=O)(=O)N(CC)CC)NC(C)c1cc(C)ccc1OC. The van der Waals surface area contributed by atoms with Gasteiger partial charge in [0.25, 0.3) is 0 Å².